The van der Waals surface area contributed by atoms with Gasteiger partial charge < -0.3 is 9.47 Å². The van der Waals surface area contributed by atoms with Crippen molar-refractivity contribution >= 4 is 44.4 Å². The smallest absolute Gasteiger partial charge is 0.240 e. The minimum Gasteiger partial charge on any atom is -0.319 e. The van der Waals surface area contributed by atoms with E-state index in [-0.39, 0.29) is 16.1 Å². The molecule has 0 aliphatic carbocycles. The number of rotatable bonds is 6. The first kappa shape index (κ1) is 20.9. The molecule has 0 fully saturated rings. The molecular weight excluding hydrogens is 420 g/mol. The highest BCUT2D eigenvalue weighted by Crippen LogP contribution is 2.33. The fraction of sp³-hybridized carbons (Fsp3) is 0.333. The molecule has 1 amide bonds. The molecule has 30 heavy (non-hydrogen) atoms. The molecule has 0 radical (unpaired) electrons. The highest BCUT2D eigenvalue weighted by molar-refractivity contribution is 8.00. The Labute approximate surface area is 180 Å². The normalized spacial score (nSPS) is 14.8. The molecular formula is C21H24N4O3S2. The van der Waals surface area contributed by atoms with Crippen LogP contribution >= 0.6 is 11.8 Å². The largest absolute Gasteiger partial charge is 0.319 e. The molecule has 2 aromatic carbocycles. The minimum absolute atomic E-state index is 0.0329. The Morgan fingerprint density at radius 1 is 1.27 bits per heavy atom. The zero-order valence-corrected chi connectivity index (χ0v) is 18.5. The summed E-state index contributed by atoms with van der Waals surface area (Å²) in [7, 11) is -3.80. The van der Waals surface area contributed by atoms with Gasteiger partial charge in [-0.15, -0.1) is 0 Å². The lowest BCUT2D eigenvalue weighted by Gasteiger charge is -2.21. The molecule has 2 N–H and O–H groups in total. The van der Waals surface area contributed by atoms with E-state index < -0.39 is 10.0 Å². The van der Waals surface area contributed by atoms with Gasteiger partial charge in [-0.1, -0.05) is 36.9 Å². The first-order valence-corrected chi connectivity index (χ1v) is 12.3. The van der Waals surface area contributed by atoms with Crippen molar-refractivity contribution in [1.29, 1.82) is 0 Å². The van der Waals surface area contributed by atoms with Crippen molar-refractivity contribution in [3.8, 4) is 0 Å². The number of aromatic nitrogens is 2. The number of primary sulfonamides is 1. The Bertz CT molecular complexity index is 1220. The summed E-state index contributed by atoms with van der Waals surface area (Å²) in [6.45, 7) is 5.36. The Kier molecular flexibility index (Phi) is 5.61. The third-order valence-corrected chi connectivity index (χ3v) is 7.23. The summed E-state index contributed by atoms with van der Waals surface area (Å²) in [6.07, 6.45) is 1.75. The van der Waals surface area contributed by atoms with Gasteiger partial charge in [0.25, 0.3) is 0 Å². The highest BCUT2D eigenvalue weighted by Gasteiger charge is 2.29. The summed E-state index contributed by atoms with van der Waals surface area (Å²) in [4.78, 5) is 19.7. The number of imidazole rings is 1. The quantitative estimate of drug-likeness (QED) is 0.589. The van der Waals surface area contributed by atoms with Crippen molar-refractivity contribution in [2.24, 2.45) is 5.14 Å². The average Bonchev–Trinajstić information content (AvgIpc) is 3.28. The fourth-order valence-corrected chi connectivity index (χ4v) is 5.34. The second-order valence-electron chi connectivity index (χ2n) is 7.37. The second kappa shape index (κ2) is 8.05. The van der Waals surface area contributed by atoms with Gasteiger partial charge in [0.2, 0.25) is 15.9 Å². The van der Waals surface area contributed by atoms with Crippen LogP contribution < -0.4 is 10.0 Å². The van der Waals surface area contributed by atoms with Crippen molar-refractivity contribution in [1.82, 2.24) is 9.55 Å². The maximum atomic E-state index is 13.2. The molecule has 1 unspecified atom stereocenters. The number of aryl methyl sites for hydroxylation is 1. The molecule has 0 saturated carbocycles. The molecule has 1 aliphatic rings. The van der Waals surface area contributed by atoms with Crippen LogP contribution in [0.4, 0.5) is 5.69 Å². The number of amides is 1. The number of carbonyl (C=O) groups is 1. The zero-order valence-electron chi connectivity index (χ0n) is 16.9. The standard InChI is InChI=1S/C21H24N4O3S2/c1-3-11-25-19-9-8-16(30(22,27)28)13-17(19)23-21(25)29-14(2)20(26)24-12-10-15-6-4-5-7-18(15)24/h4-9,13-14H,3,10-12H2,1-2H3,(H2,22,27,28). The average molecular weight is 445 g/mol. The predicted molar refractivity (Wildman–Crippen MR) is 119 cm³/mol. The van der Waals surface area contributed by atoms with E-state index in [1.54, 1.807) is 6.07 Å². The number of carbonyl (C=O) groups excluding carboxylic acids is 1. The number of nitrogens with zero attached hydrogens (tertiary/aromatic N) is 3. The van der Waals surface area contributed by atoms with E-state index in [0.29, 0.717) is 17.2 Å². The van der Waals surface area contributed by atoms with Crippen molar-refractivity contribution in [3.05, 3.63) is 48.0 Å². The highest BCUT2D eigenvalue weighted by atomic mass is 32.2. The molecule has 1 aromatic heterocycles. The first-order valence-electron chi connectivity index (χ1n) is 9.88. The van der Waals surface area contributed by atoms with E-state index in [2.05, 4.69) is 18.0 Å². The summed E-state index contributed by atoms with van der Waals surface area (Å²) in [6, 6.07) is 12.7. The molecule has 0 spiro atoms. The van der Waals surface area contributed by atoms with Crippen molar-refractivity contribution in [2.75, 3.05) is 11.4 Å². The van der Waals surface area contributed by atoms with Crippen LogP contribution in [-0.2, 0) is 27.8 Å². The van der Waals surface area contributed by atoms with Crippen molar-refractivity contribution in [2.45, 2.75) is 48.5 Å². The Hall–Kier alpha value is -2.36. The SMILES string of the molecule is CCCn1c(SC(C)C(=O)N2CCc3ccccc32)nc2cc(S(N)(=O)=O)ccc21. The van der Waals surface area contributed by atoms with Crippen LogP contribution in [0.3, 0.4) is 0 Å². The lowest BCUT2D eigenvalue weighted by atomic mass is 10.2. The molecule has 3 aromatic rings. The summed E-state index contributed by atoms with van der Waals surface area (Å²) in [5.41, 5.74) is 3.56. The molecule has 0 bridgehead atoms. The molecule has 4 rings (SSSR count). The molecule has 0 saturated heterocycles. The van der Waals surface area contributed by atoms with Crippen LogP contribution in [0.2, 0.25) is 0 Å². The third kappa shape index (κ3) is 3.84. The molecule has 9 heteroatoms. The predicted octanol–water partition coefficient (Wildman–Crippen LogP) is 3.16. The van der Waals surface area contributed by atoms with E-state index in [4.69, 9.17) is 5.14 Å². The number of thioether (sulfide) groups is 1. The number of nitrogens with two attached hydrogens (primary N) is 1. The maximum Gasteiger partial charge on any atom is 0.240 e. The summed E-state index contributed by atoms with van der Waals surface area (Å²) in [5.74, 6) is 0.0466. The fourth-order valence-electron chi connectivity index (χ4n) is 3.79. The van der Waals surface area contributed by atoms with Gasteiger partial charge in [-0.3, -0.25) is 4.79 Å². The maximum absolute atomic E-state index is 13.2. The monoisotopic (exact) mass is 444 g/mol. The van der Waals surface area contributed by atoms with Crippen LogP contribution in [0.25, 0.3) is 11.0 Å². The minimum atomic E-state index is -3.80. The third-order valence-electron chi connectivity index (χ3n) is 5.24. The number of para-hydroxylation sites is 1. The number of benzene rings is 2. The molecule has 1 aliphatic heterocycles. The number of anilines is 1. The van der Waals surface area contributed by atoms with Crippen molar-refractivity contribution in [3.63, 3.8) is 0 Å². The van der Waals surface area contributed by atoms with Gasteiger partial charge in [-0.25, -0.2) is 18.5 Å². The molecule has 2 heterocycles. The van der Waals surface area contributed by atoms with E-state index in [1.807, 2.05) is 34.6 Å². The van der Waals surface area contributed by atoms with Gasteiger partial charge in [-0.2, -0.15) is 0 Å². The number of sulfonamides is 1. The first-order chi connectivity index (χ1) is 14.3. The summed E-state index contributed by atoms with van der Waals surface area (Å²) < 4.78 is 25.4. The van der Waals surface area contributed by atoms with E-state index in [9.17, 15) is 13.2 Å². The van der Waals surface area contributed by atoms with Gasteiger partial charge in [0.1, 0.15) is 0 Å². The lowest BCUT2D eigenvalue weighted by Crippen LogP contribution is -2.35. The van der Waals surface area contributed by atoms with Gasteiger partial charge in [0.15, 0.2) is 5.16 Å². The molecule has 158 valence electrons. The van der Waals surface area contributed by atoms with Gasteiger partial charge in [0, 0.05) is 18.8 Å². The summed E-state index contributed by atoms with van der Waals surface area (Å²) >= 11 is 1.40. The van der Waals surface area contributed by atoms with Crippen LogP contribution in [0.5, 0.6) is 0 Å². The van der Waals surface area contributed by atoms with Crippen LogP contribution in [-0.4, -0.2) is 35.7 Å². The van der Waals surface area contributed by atoms with E-state index in [1.165, 1.54) is 29.5 Å². The van der Waals surface area contributed by atoms with Crippen LogP contribution in [0, 0.1) is 0 Å². The van der Waals surface area contributed by atoms with Crippen LogP contribution in [0.1, 0.15) is 25.8 Å². The number of fused-ring (bicyclic) bond motifs is 2. The Balaban J connectivity index is 1.64. The van der Waals surface area contributed by atoms with Gasteiger partial charge >= 0.3 is 0 Å². The Morgan fingerprint density at radius 3 is 2.77 bits per heavy atom. The Morgan fingerprint density at radius 2 is 2.03 bits per heavy atom. The second-order valence-corrected chi connectivity index (χ2v) is 10.2. The van der Waals surface area contributed by atoms with E-state index >= 15 is 0 Å². The van der Waals surface area contributed by atoms with Gasteiger partial charge in [-0.05, 0) is 49.6 Å². The van der Waals surface area contributed by atoms with Gasteiger partial charge in [0.05, 0.1) is 21.2 Å². The number of hydrogen-bond donors (Lipinski definition) is 1. The molecule has 1 atom stereocenters. The molecule has 7 nitrogen and oxygen atoms in total. The summed E-state index contributed by atoms with van der Waals surface area (Å²) in [5, 5.41) is 5.63. The zero-order chi connectivity index (χ0) is 21.5. The van der Waals surface area contributed by atoms with E-state index in [0.717, 1.165) is 30.6 Å². The van der Waals surface area contributed by atoms with Crippen molar-refractivity contribution < 1.29 is 13.2 Å². The number of hydrogen-bond acceptors (Lipinski definition) is 5. The van der Waals surface area contributed by atoms with Crippen LogP contribution in [0.15, 0.2) is 52.5 Å². The lowest BCUT2D eigenvalue weighted by molar-refractivity contribution is -0.117. The topological polar surface area (TPSA) is 98.3 Å².